The summed E-state index contributed by atoms with van der Waals surface area (Å²) in [6.07, 6.45) is -16.0. The molecule has 10 atom stereocenters. The maximum Gasteiger partial charge on any atom is 0.239 e. The van der Waals surface area contributed by atoms with Gasteiger partial charge in [-0.1, -0.05) is 0 Å². The van der Waals surface area contributed by atoms with E-state index in [2.05, 4.69) is 0 Å². The summed E-state index contributed by atoms with van der Waals surface area (Å²) < 4.78 is 33.2. The maximum atomic E-state index is 13.7. The predicted molar refractivity (Wildman–Crippen MR) is 145 cm³/mol. The first-order valence-corrected chi connectivity index (χ1v) is 13.4. The molecule has 5 rings (SSSR count). The summed E-state index contributed by atoms with van der Waals surface area (Å²) in [4.78, 5) is 13.7. The summed E-state index contributed by atoms with van der Waals surface area (Å²) in [6.45, 7) is 0.845. The average molecular weight is 625 g/mol. The van der Waals surface area contributed by atoms with Crippen LogP contribution in [-0.2, 0) is 14.2 Å². The van der Waals surface area contributed by atoms with E-state index in [-0.39, 0.29) is 28.4 Å². The molecule has 2 aromatic carbocycles. The first-order chi connectivity index (χ1) is 20.8. The van der Waals surface area contributed by atoms with Crippen molar-refractivity contribution < 1.29 is 74.1 Å². The highest BCUT2D eigenvalue weighted by atomic mass is 16.7. The molecule has 0 saturated carbocycles. The second kappa shape index (κ2) is 12.4. The van der Waals surface area contributed by atoms with Crippen molar-refractivity contribution in [3.8, 4) is 40.1 Å². The van der Waals surface area contributed by atoms with E-state index < -0.39 is 96.1 Å². The van der Waals surface area contributed by atoms with Crippen molar-refractivity contribution in [1.29, 1.82) is 0 Å². The minimum absolute atomic E-state index is 0.0151. The fraction of sp³-hybridized carbons (Fsp3) is 0.464. The molecule has 240 valence electrons. The zero-order valence-corrected chi connectivity index (χ0v) is 23.3. The Morgan fingerprint density at radius 3 is 2.18 bits per heavy atom. The van der Waals surface area contributed by atoms with Gasteiger partial charge in [0.1, 0.15) is 65.2 Å². The molecular formula is C28H32O16. The number of hydrogen-bond acceptors (Lipinski definition) is 16. The van der Waals surface area contributed by atoms with E-state index in [9.17, 15) is 50.8 Å². The number of benzene rings is 2. The molecular weight excluding hydrogens is 592 g/mol. The van der Waals surface area contributed by atoms with Crippen LogP contribution in [-0.4, -0.2) is 121 Å². The molecule has 2 aliphatic rings. The fourth-order valence-electron chi connectivity index (χ4n) is 4.99. The van der Waals surface area contributed by atoms with Gasteiger partial charge in [0, 0.05) is 17.7 Å². The van der Waals surface area contributed by atoms with Gasteiger partial charge in [0.2, 0.25) is 17.5 Å². The summed E-state index contributed by atoms with van der Waals surface area (Å²) in [6, 6.07) is 5.83. The van der Waals surface area contributed by atoms with E-state index >= 15 is 0 Å². The van der Waals surface area contributed by atoms with Crippen molar-refractivity contribution in [3.63, 3.8) is 0 Å². The Morgan fingerprint density at radius 1 is 0.795 bits per heavy atom. The van der Waals surface area contributed by atoms with E-state index in [0.29, 0.717) is 0 Å². The van der Waals surface area contributed by atoms with Crippen molar-refractivity contribution in [2.75, 3.05) is 13.7 Å². The molecule has 2 aliphatic heterocycles. The van der Waals surface area contributed by atoms with E-state index in [1.807, 2.05) is 0 Å². The first kappa shape index (κ1) is 31.7. The molecule has 16 heteroatoms. The average Bonchev–Trinajstić information content (AvgIpc) is 2.98. The normalized spacial score (nSPS) is 32.5. The molecule has 0 spiro atoms. The van der Waals surface area contributed by atoms with Crippen molar-refractivity contribution in [2.24, 2.45) is 0 Å². The number of aromatic hydroxyl groups is 3. The zero-order valence-electron chi connectivity index (χ0n) is 23.3. The van der Waals surface area contributed by atoms with Crippen LogP contribution < -0.4 is 14.9 Å². The third kappa shape index (κ3) is 5.74. The number of phenolic OH excluding ortho intramolecular Hbond substituents is 3. The van der Waals surface area contributed by atoms with Gasteiger partial charge in [0.15, 0.2) is 23.5 Å². The van der Waals surface area contributed by atoms with Crippen LogP contribution in [0.15, 0.2) is 39.5 Å². The molecule has 44 heavy (non-hydrogen) atoms. The molecule has 2 saturated heterocycles. The quantitative estimate of drug-likeness (QED) is 0.147. The molecule has 0 amide bonds. The lowest BCUT2D eigenvalue weighted by Gasteiger charge is -2.42. The van der Waals surface area contributed by atoms with Gasteiger partial charge < -0.3 is 74.1 Å². The zero-order chi connectivity index (χ0) is 32.0. The number of hydrogen-bond donors (Lipinski definition) is 9. The summed E-state index contributed by atoms with van der Waals surface area (Å²) in [5.74, 6) is -2.28. The highest BCUT2D eigenvalue weighted by molar-refractivity contribution is 5.88. The van der Waals surface area contributed by atoms with Crippen LogP contribution in [0.25, 0.3) is 22.3 Å². The van der Waals surface area contributed by atoms with Crippen molar-refractivity contribution in [1.82, 2.24) is 0 Å². The summed E-state index contributed by atoms with van der Waals surface area (Å²) in [5, 5.41) is 92.1. The lowest BCUT2D eigenvalue weighted by Crippen LogP contribution is -2.61. The Hall–Kier alpha value is -3.71. The van der Waals surface area contributed by atoms with Gasteiger partial charge in [-0.25, -0.2) is 0 Å². The molecule has 0 radical (unpaired) electrons. The molecule has 9 N–H and O–H groups in total. The third-order valence-corrected chi connectivity index (χ3v) is 7.50. The highest BCUT2D eigenvalue weighted by Crippen LogP contribution is 2.39. The van der Waals surface area contributed by atoms with Crippen LogP contribution in [0.3, 0.4) is 0 Å². The number of methoxy groups -OCH3 is 1. The number of fused-ring (bicyclic) bond motifs is 1. The van der Waals surface area contributed by atoms with Gasteiger partial charge in [-0.2, -0.15) is 0 Å². The predicted octanol–water partition coefficient (Wildman–Crippen LogP) is -1.38. The number of phenols is 3. The van der Waals surface area contributed by atoms with Crippen molar-refractivity contribution in [2.45, 2.75) is 68.3 Å². The third-order valence-electron chi connectivity index (χ3n) is 7.50. The first-order valence-electron chi connectivity index (χ1n) is 13.4. The van der Waals surface area contributed by atoms with Gasteiger partial charge in [-0.15, -0.1) is 0 Å². The van der Waals surface area contributed by atoms with Gasteiger partial charge in [0.25, 0.3) is 0 Å². The smallest absolute Gasteiger partial charge is 0.239 e. The number of rotatable bonds is 7. The molecule has 1 aromatic heterocycles. The highest BCUT2D eigenvalue weighted by Gasteiger charge is 2.47. The van der Waals surface area contributed by atoms with E-state index in [4.69, 9.17) is 28.1 Å². The Kier molecular flexibility index (Phi) is 8.90. The van der Waals surface area contributed by atoms with Crippen LogP contribution in [0.5, 0.6) is 28.7 Å². The van der Waals surface area contributed by atoms with Crippen molar-refractivity contribution >= 4 is 11.0 Å². The Labute approximate surface area is 248 Å². The van der Waals surface area contributed by atoms with Crippen LogP contribution in [0.2, 0.25) is 0 Å². The Morgan fingerprint density at radius 2 is 1.48 bits per heavy atom. The lowest BCUT2D eigenvalue weighted by molar-refractivity contribution is -0.318. The van der Waals surface area contributed by atoms with Crippen LogP contribution >= 0.6 is 0 Å². The molecule has 3 heterocycles. The SMILES string of the molecule is COc1cc(-c2oc3cc(O)cc(O)c3c(=O)c2O[C@H]2O[C@H](CO[C@@H]3O[C@@H](C)[C@H](O)[C@@H](O)[C@H]3O)[C@H](O)[C@H](O)[C@H]2O)ccc1O. The second-order valence-corrected chi connectivity index (χ2v) is 10.5. The Balaban J connectivity index is 1.49. The molecule has 0 unspecified atom stereocenters. The van der Waals surface area contributed by atoms with E-state index in [1.54, 1.807) is 0 Å². The van der Waals surface area contributed by atoms with Crippen LogP contribution in [0, 0.1) is 0 Å². The monoisotopic (exact) mass is 624 g/mol. The van der Waals surface area contributed by atoms with Gasteiger partial charge in [-0.3, -0.25) is 4.79 Å². The summed E-state index contributed by atoms with van der Waals surface area (Å²) in [5.41, 5.74) is -1.11. The standard InChI is InChI=1S/C28H32O16/c1-9-18(32)21(35)23(37)27(41-9)40-8-16-19(33)22(36)24(38)28(43-16)44-26-20(34)17-13(31)6-11(29)7-15(17)42-25(26)10-3-4-12(30)14(5-10)39-2/h3-7,9,16,18-19,21-24,27-33,35-38H,8H2,1-2H3/t9-,16+,18-,19-,21+,22-,23+,24+,27+,28+/m0/s1. The molecule has 0 bridgehead atoms. The minimum Gasteiger partial charge on any atom is -0.508 e. The summed E-state index contributed by atoms with van der Waals surface area (Å²) in [7, 11) is 1.28. The summed E-state index contributed by atoms with van der Waals surface area (Å²) >= 11 is 0. The second-order valence-electron chi connectivity index (χ2n) is 10.5. The number of aliphatic hydroxyl groups excluding tert-OH is 6. The van der Waals surface area contributed by atoms with Crippen molar-refractivity contribution in [3.05, 3.63) is 40.6 Å². The molecule has 3 aromatic rings. The molecule has 0 aliphatic carbocycles. The molecule has 16 nitrogen and oxygen atoms in total. The largest absolute Gasteiger partial charge is 0.508 e. The number of ether oxygens (including phenoxy) is 5. The topological polar surface area (TPSA) is 258 Å². The maximum absolute atomic E-state index is 13.7. The Bertz CT molecular complexity index is 1560. The van der Waals surface area contributed by atoms with Gasteiger partial charge in [-0.05, 0) is 25.1 Å². The molecule has 2 fully saturated rings. The van der Waals surface area contributed by atoms with E-state index in [0.717, 1.165) is 12.1 Å². The minimum atomic E-state index is -1.94. The number of aliphatic hydroxyl groups is 6. The van der Waals surface area contributed by atoms with Gasteiger partial charge in [0.05, 0.1) is 19.8 Å². The van der Waals surface area contributed by atoms with Gasteiger partial charge >= 0.3 is 0 Å². The lowest BCUT2D eigenvalue weighted by atomic mass is 9.98. The van der Waals surface area contributed by atoms with E-state index in [1.165, 1.54) is 32.2 Å². The van der Waals surface area contributed by atoms with Crippen LogP contribution in [0.4, 0.5) is 0 Å². The van der Waals surface area contributed by atoms with Crippen LogP contribution in [0.1, 0.15) is 6.92 Å². The fourth-order valence-corrected chi connectivity index (χ4v) is 4.99.